The van der Waals surface area contributed by atoms with Crippen LogP contribution in [0.2, 0.25) is 0 Å². The van der Waals surface area contributed by atoms with Gasteiger partial charge < -0.3 is 9.47 Å². The number of methoxy groups -OCH3 is 1. The summed E-state index contributed by atoms with van der Waals surface area (Å²) in [5.74, 6) is 0.443. The van der Waals surface area contributed by atoms with Gasteiger partial charge >= 0.3 is 6.09 Å². The molecule has 0 aliphatic carbocycles. The number of aromatic nitrogens is 1. The number of carbonyl (C=O) groups is 1. The molecule has 0 aliphatic rings. The van der Waals surface area contributed by atoms with Crippen LogP contribution in [-0.2, 0) is 9.47 Å². The monoisotopic (exact) mass is 250 g/mol. The van der Waals surface area contributed by atoms with Gasteiger partial charge in [-0.3, -0.25) is 5.32 Å². The first-order chi connectivity index (χ1) is 8.40. The molecule has 1 N–H and O–H groups in total. The average Bonchev–Trinajstić information content (AvgIpc) is 2.25. The lowest BCUT2D eigenvalue weighted by molar-refractivity contribution is 0.0635. The van der Waals surface area contributed by atoms with Crippen LogP contribution in [0.25, 0.3) is 6.08 Å². The number of anilines is 1. The van der Waals surface area contributed by atoms with Gasteiger partial charge in [0.1, 0.15) is 11.4 Å². The SMILES string of the molecule is COC=Cc1ccc(NC(=O)OC(C)(C)C)nc1. The molecule has 0 unspecified atom stereocenters. The maximum Gasteiger partial charge on any atom is 0.413 e. The van der Waals surface area contributed by atoms with Crippen LogP contribution in [0.3, 0.4) is 0 Å². The molecule has 0 bridgehead atoms. The predicted octanol–water partition coefficient (Wildman–Crippen LogP) is 3.05. The fourth-order valence-electron chi connectivity index (χ4n) is 1.13. The van der Waals surface area contributed by atoms with Gasteiger partial charge in [-0.2, -0.15) is 0 Å². The number of rotatable bonds is 3. The van der Waals surface area contributed by atoms with E-state index in [1.54, 1.807) is 52.5 Å². The summed E-state index contributed by atoms with van der Waals surface area (Å²) in [5, 5.41) is 2.55. The van der Waals surface area contributed by atoms with Crippen LogP contribution in [0.1, 0.15) is 26.3 Å². The minimum Gasteiger partial charge on any atom is -0.504 e. The molecule has 0 atom stereocenters. The summed E-state index contributed by atoms with van der Waals surface area (Å²) in [6, 6.07) is 3.51. The highest BCUT2D eigenvalue weighted by Crippen LogP contribution is 2.11. The maximum atomic E-state index is 11.5. The molecule has 0 fully saturated rings. The van der Waals surface area contributed by atoms with E-state index in [0.717, 1.165) is 5.56 Å². The molecule has 1 rings (SSSR count). The second-order valence-electron chi connectivity index (χ2n) is 4.64. The molecule has 1 aromatic rings. The van der Waals surface area contributed by atoms with Gasteiger partial charge in [0.05, 0.1) is 13.4 Å². The summed E-state index contributed by atoms with van der Waals surface area (Å²) in [5.41, 5.74) is 0.359. The number of hydrogen-bond donors (Lipinski definition) is 1. The number of nitrogens with zero attached hydrogens (tertiary/aromatic N) is 1. The molecule has 5 heteroatoms. The molecule has 0 aliphatic heterocycles. The highest BCUT2D eigenvalue weighted by molar-refractivity contribution is 5.83. The van der Waals surface area contributed by atoms with Crippen LogP contribution in [0, 0.1) is 0 Å². The summed E-state index contributed by atoms with van der Waals surface area (Å²) in [6.45, 7) is 5.41. The smallest absolute Gasteiger partial charge is 0.413 e. The third-order valence-electron chi connectivity index (χ3n) is 1.81. The van der Waals surface area contributed by atoms with Gasteiger partial charge in [0.15, 0.2) is 0 Å². The van der Waals surface area contributed by atoms with E-state index in [2.05, 4.69) is 10.3 Å². The first-order valence-electron chi connectivity index (χ1n) is 5.56. The minimum atomic E-state index is -0.523. The van der Waals surface area contributed by atoms with Crippen molar-refractivity contribution >= 4 is 18.0 Å². The van der Waals surface area contributed by atoms with Crippen molar-refractivity contribution in [1.82, 2.24) is 4.98 Å². The second-order valence-corrected chi connectivity index (χ2v) is 4.64. The number of hydrogen-bond acceptors (Lipinski definition) is 4. The van der Waals surface area contributed by atoms with Crippen molar-refractivity contribution in [3.8, 4) is 0 Å². The molecule has 98 valence electrons. The van der Waals surface area contributed by atoms with Crippen LogP contribution in [0.4, 0.5) is 10.6 Å². The molecule has 1 heterocycles. The Kier molecular flexibility index (Phi) is 4.71. The minimum absolute atomic E-state index is 0.443. The van der Waals surface area contributed by atoms with E-state index in [-0.39, 0.29) is 0 Å². The first-order valence-corrected chi connectivity index (χ1v) is 5.56. The van der Waals surface area contributed by atoms with E-state index >= 15 is 0 Å². The van der Waals surface area contributed by atoms with Crippen molar-refractivity contribution in [3.63, 3.8) is 0 Å². The third-order valence-corrected chi connectivity index (χ3v) is 1.81. The molecule has 5 nitrogen and oxygen atoms in total. The van der Waals surface area contributed by atoms with E-state index in [4.69, 9.17) is 9.47 Å². The summed E-state index contributed by atoms with van der Waals surface area (Å²) in [4.78, 5) is 15.6. The van der Waals surface area contributed by atoms with Crippen LogP contribution in [0.5, 0.6) is 0 Å². The Bertz CT molecular complexity index is 419. The molecule has 0 aromatic carbocycles. The molecular weight excluding hydrogens is 232 g/mol. The maximum absolute atomic E-state index is 11.5. The van der Waals surface area contributed by atoms with Gasteiger partial charge in [-0.15, -0.1) is 0 Å². The molecule has 18 heavy (non-hydrogen) atoms. The molecule has 0 saturated carbocycles. The summed E-state index contributed by atoms with van der Waals surface area (Å²) in [6.07, 6.45) is 4.43. The fourth-order valence-corrected chi connectivity index (χ4v) is 1.13. The number of pyridine rings is 1. The van der Waals surface area contributed by atoms with Gasteiger partial charge in [-0.1, -0.05) is 0 Å². The van der Waals surface area contributed by atoms with Crippen LogP contribution < -0.4 is 5.32 Å². The van der Waals surface area contributed by atoms with Gasteiger partial charge in [0, 0.05) is 6.20 Å². The Balaban J connectivity index is 2.58. The van der Waals surface area contributed by atoms with Crippen LogP contribution in [-0.4, -0.2) is 23.8 Å². The normalized spacial score (nSPS) is 11.3. The Morgan fingerprint density at radius 1 is 1.39 bits per heavy atom. The lowest BCUT2D eigenvalue weighted by atomic mass is 10.2. The highest BCUT2D eigenvalue weighted by Gasteiger charge is 2.16. The Morgan fingerprint density at radius 2 is 2.11 bits per heavy atom. The number of amides is 1. The van der Waals surface area contributed by atoms with E-state index in [9.17, 15) is 4.79 Å². The van der Waals surface area contributed by atoms with E-state index < -0.39 is 11.7 Å². The summed E-state index contributed by atoms with van der Waals surface area (Å²) < 4.78 is 9.91. The van der Waals surface area contributed by atoms with E-state index in [1.165, 1.54) is 0 Å². The zero-order valence-corrected chi connectivity index (χ0v) is 11.1. The van der Waals surface area contributed by atoms with Gasteiger partial charge in [-0.25, -0.2) is 9.78 Å². The average molecular weight is 250 g/mol. The lowest BCUT2D eigenvalue weighted by Crippen LogP contribution is -2.27. The third kappa shape index (κ3) is 5.34. The standard InChI is InChI=1S/C13H18N2O3/c1-13(2,3)18-12(16)15-11-6-5-10(9-14-11)7-8-17-4/h5-9H,1-4H3,(H,14,15,16). The second kappa shape index (κ2) is 6.05. The number of ether oxygens (including phenoxy) is 2. The van der Waals surface area contributed by atoms with E-state index in [1.807, 2.05) is 6.07 Å². The van der Waals surface area contributed by atoms with Crippen molar-refractivity contribution in [2.75, 3.05) is 12.4 Å². The Labute approximate surface area is 107 Å². The quantitative estimate of drug-likeness (QED) is 0.837. The Morgan fingerprint density at radius 3 is 2.61 bits per heavy atom. The first kappa shape index (κ1) is 14.0. The zero-order chi connectivity index (χ0) is 13.6. The van der Waals surface area contributed by atoms with Gasteiger partial charge in [0.2, 0.25) is 0 Å². The van der Waals surface area contributed by atoms with E-state index in [0.29, 0.717) is 5.82 Å². The molecule has 1 aromatic heterocycles. The molecule has 0 spiro atoms. The topological polar surface area (TPSA) is 60.5 Å². The predicted molar refractivity (Wildman–Crippen MR) is 70.1 cm³/mol. The molecule has 1 amide bonds. The highest BCUT2D eigenvalue weighted by atomic mass is 16.6. The van der Waals surface area contributed by atoms with Crippen molar-refractivity contribution in [1.29, 1.82) is 0 Å². The fraction of sp³-hybridized carbons (Fsp3) is 0.385. The Hall–Kier alpha value is -2.04. The summed E-state index contributed by atoms with van der Waals surface area (Å²) in [7, 11) is 1.57. The van der Waals surface area contributed by atoms with Crippen LogP contribution >= 0.6 is 0 Å². The van der Waals surface area contributed by atoms with Crippen molar-refractivity contribution in [3.05, 3.63) is 30.2 Å². The summed E-state index contributed by atoms with van der Waals surface area (Å²) >= 11 is 0. The molecule has 0 radical (unpaired) electrons. The van der Waals surface area contributed by atoms with Crippen molar-refractivity contribution in [2.24, 2.45) is 0 Å². The molecular formula is C13H18N2O3. The number of nitrogens with one attached hydrogen (secondary N) is 1. The van der Waals surface area contributed by atoms with Gasteiger partial charge in [0.25, 0.3) is 0 Å². The zero-order valence-electron chi connectivity index (χ0n) is 11.1. The van der Waals surface area contributed by atoms with Gasteiger partial charge in [-0.05, 0) is 44.5 Å². The van der Waals surface area contributed by atoms with Crippen molar-refractivity contribution in [2.45, 2.75) is 26.4 Å². The lowest BCUT2D eigenvalue weighted by Gasteiger charge is -2.19. The molecule has 0 saturated heterocycles. The van der Waals surface area contributed by atoms with Crippen LogP contribution in [0.15, 0.2) is 24.6 Å². The van der Waals surface area contributed by atoms with Crippen molar-refractivity contribution < 1.29 is 14.3 Å². The number of carbonyl (C=O) groups excluding carboxylic acids is 1. The largest absolute Gasteiger partial charge is 0.504 e.